The number of hydrogen-bond donors (Lipinski definition) is 1. The fraction of sp³-hybridized carbons (Fsp3) is 0.471. The number of anilines is 1. The minimum absolute atomic E-state index is 0.191. The maximum Gasteiger partial charge on any atom is 0.0948 e. The third-order valence-corrected chi connectivity index (χ3v) is 4.40. The highest BCUT2D eigenvalue weighted by Gasteiger charge is 2.29. The second-order valence-corrected chi connectivity index (χ2v) is 5.95. The van der Waals surface area contributed by atoms with E-state index in [9.17, 15) is 0 Å². The average molecular weight is 284 g/mol. The number of benzene rings is 1. The summed E-state index contributed by atoms with van der Waals surface area (Å²) in [4.78, 5) is 6.78. The fourth-order valence-corrected chi connectivity index (χ4v) is 3.41. The van der Waals surface area contributed by atoms with Gasteiger partial charge in [0.15, 0.2) is 0 Å². The van der Waals surface area contributed by atoms with Crippen molar-refractivity contribution in [1.29, 1.82) is 0 Å². The average Bonchev–Trinajstić information content (AvgIpc) is 2.96. The molecule has 21 heavy (non-hydrogen) atoms. The second-order valence-electron chi connectivity index (χ2n) is 5.95. The molecule has 1 aliphatic rings. The van der Waals surface area contributed by atoms with Gasteiger partial charge in [-0.1, -0.05) is 25.1 Å². The molecule has 0 fully saturated rings. The highest BCUT2D eigenvalue weighted by Crippen LogP contribution is 2.35. The molecule has 112 valence electrons. The number of rotatable bonds is 4. The summed E-state index contributed by atoms with van der Waals surface area (Å²) in [6, 6.07) is 8.89. The van der Waals surface area contributed by atoms with Crippen LogP contribution in [0.4, 0.5) is 5.69 Å². The van der Waals surface area contributed by atoms with Crippen LogP contribution in [0.25, 0.3) is 0 Å². The quantitative estimate of drug-likeness (QED) is 0.938. The molecule has 4 nitrogen and oxygen atoms in total. The molecule has 1 aliphatic heterocycles. The van der Waals surface area contributed by atoms with Crippen LogP contribution in [0.15, 0.2) is 36.8 Å². The van der Waals surface area contributed by atoms with E-state index in [4.69, 9.17) is 5.73 Å². The molecule has 2 aromatic rings. The first-order valence-corrected chi connectivity index (χ1v) is 7.79. The summed E-state index contributed by atoms with van der Waals surface area (Å²) in [6.45, 7) is 7.04. The van der Waals surface area contributed by atoms with Crippen LogP contribution >= 0.6 is 0 Å². The third-order valence-electron chi connectivity index (χ3n) is 4.40. The molecule has 2 heterocycles. The van der Waals surface area contributed by atoms with Gasteiger partial charge < -0.3 is 15.2 Å². The van der Waals surface area contributed by atoms with Gasteiger partial charge in [-0.05, 0) is 30.9 Å². The maximum absolute atomic E-state index is 6.14. The molecule has 0 aliphatic carbocycles. The van der Waals surface area contributed by atoms with Gasteiger partial charge in [0.2, 0.25) is 0 Å². The molecule has 2 atom stereocenters. The number of fused-ring (bicyclic) bond motifs is 1. The zero-order valence-electron chi connectivity index (χ0n) is 12.9. The van der Waals surface area contributed by atoms with Crippen LogP contribution in [0.3, 0.4) is 0 Å². The minimum Gasteiger partial charge on any atom is -0.361 e. The maximum atomic E-state index is 6.14. The van der Waals surface area contributed by atoms with Crippen molar-refractivity contribution in [3.8, 4) is 0 Å². The van der Waals surface area contributed by atoms with Crippen molar-refractivity contribution in [2.75, 3.05) is 18.0 Å². The summed E-state index contributed by atoms with van der Waals surface area (Å²) in [5.74, 6) is 0.645. The summed E-state index contributed by atoms with van der Waals surface area (Å²) in [5, 5.41) is 0. The zero-order valence-corrected chi connectivity index (χ0v) is 12.9. The van der Waals surface area contributed by atoms with Crippen LogP contribution in [0, 0.1) is 5.92 Å². The molecular formula is C17H24N4. The van der Waals surface area contributed by atoms with Crippen LogP contribution in [-0.4, -0.2) is 22.6 Å². The number of imidazole rings is 1. The van der Waals surface area contributed by atoms with Crippen LogP contribution in [0.2, 0.25) is 0 Å². The van der Waals surface area contributed by atoms with Gasteiger partial charge in [-0.25, -0.2) is 4.98 Å². The monoisotopic (exact) mass is 284 g/mol. The largest absolute Gasteiger partial charge is 0.361 e. The van der Waals surface area contributed by atoms with Gasteiger partial charge in [0, 0.05) is 25.3 Å². The molecule has 0 spiro atoms. The van der Waals surface area contributed by atoms with E-state index in [2.05, 4.69) is 52.6 Å². The lowest BCUT2D eigenvalue weighted by molar-refractivity contribution is 0.476. The standard InChI is InChI=1S/C17H24N4/c1-3-20-12-19-10-17(20)16(9-18)21-11-13(2)8-14-6-4-5-7-15(14)21/h4-7,10,12-13,16H,3,8-9,11,18H2,1-2H3. The summed E-state index contributed by atoms with van der Waals surface area (Å²) in [6.07, 6.45) is 5.01. The van der Waals surface area contributed by atoms with E-state index in [-0.39, 0.29) is 6.04 Å². The van der Waals surface area contributed by atoms with Crippen LogP contribution in [0.5, 0.6) is 0 Å². The summed E-state index contributed by atoms with van der Waals surface area (Å²) >= 11 is 0. The third kappa shape index (κ3) is 2.56. The van der Waals surface area contributed by atoms with E-state index < -0.39 is 0 Å². The Kier molecular flexibility index (Phi) is 3.97. The number of hydrogen-bond acceptors (Lipinski definition) is 3. The highest BCUT2D eigenvalue weighted by atomic mass is 15.2. The molecule has 0 radical (unpaired) electrons. The first-order chi connectivity index (χ1) is 10.2. The van der Waals surface area contributed by atoms with E-state index in [0.29, 0.717) is 12.5 Å². The van der Waals surface area contributed by atoms with Crippen LogP contribution in [-0.2, 0) is 13.0 Å². The Morgan fingerprint density at radius 2 is 2.19 bits per heavy atom. The molecule has 2 unspecified atom stereocenters. The number of nitrogens with two attached hydrogens (primary N) is 1. The first kappa shape index (κ1) is 14.1. The van der Waals surface area contributed by atoms with Crippen molar-refractivity contribution in [2.24, 2.45) is 11.7 Å². The topological polar surface area (TPSA) is 47.1 Å². The van der Waals surface area contributed by atoms with Gasteiger partial charge in [-0.15, -0.1) is 0 Å². The van der Waals surface area contributed by atoms with Crippen molar-refractivity contribution < 1.29 is 0 Å². The minimum atomic E-state index is 0.191. The molecule has 0 amide bonds. The normalized spacial score (nSPS) is 19.4. The van der Waals surface area contributed by atoms with Gasteiger partial charge >= 0.3 is 0 Å². The van der Waals surface area contributed by atoms with Crippen molar-refractivity contribution in [3.63, 3.8) is 0 Å². The Morgan fingerprint density at radius 3 is 2.95 bits per heavy atom. The Morgan fingerprint density at radius 1 is 1.38 bits per heavy atom. The Hall–Kier alpha value is -1.81. The lowest BCUT2D eigenvalue weighted by Gasteiger charge is -2.40. The molecule has 0 saturated carbocycles. The Balaban J connectivity index is 2.01. The molecule has 1 aromatic carbocycles. The number of nitrogens with zero attached hydrogens (tertiary/aromatic N) is 3. The molecule has 0 bridgehead atoms. The van der Waals surface area contributed by atoms with Crippen molar-refractivity contribution in [3.05, 3.63) is 48.0 Å². The van der Waals surface area contributed by atoms with Gasteiger partial charge in [0.05, 0.1) is 24.3 Å². The number of para-hydroxylation sites is 1. The Labute approximate surface area is 126 Å². The van der Waals surface area contributed by atoms with E-state index in [1.165, 1.54) is 16.9 Å². The molecular weight excluding hydrogens is 260 g/mol. The summed E-state index contributed by atoms with van der Waals surface area (Å²) < 4.78 is 2.19. The van der Waals surface area contributed by atoms with Gasteiger partial charge in [0.1, 0.15) is 0 Å². The predicted octanol–water partition coefficient (Wildman–Crippen LogP) is 2.60. The molecule has 1 aromatic heterocycles. The summed E-state index contributed by atoms with van der Waals surface area (Å²) in [7, 11) is 0. The van der Waals surface area contributed by atoms with Gasteiger partial charge in [0.25, 0.3) is 0 Å². The van der Waals surface area contributed by atoms with E-state index >= 15 is 0 Å². The van der Waals surface area contributed by atoms with Crippen molar-refractivity contribution in [1.82, 2.24) is 9.55 Å². The smallest absolute Gasteiger partial charge is 0.0948 e. The second kappa shape index (κ2) is 5.90. The fourth-order valence-electron chi connectivity index (χ4n) is 3.41. The van der Waals surface area contributed by atoms with Crippen LogP contribution < -0.4 is 10.6 Å². The molecule has 2 N–H and O–H groups in total. The summed E-state index contributed by atoms with van der Waals surface area (Å²) in [5.41, 5.74) is 10.1. The molecule has 4 heteroatoms. The van der Waals surface area contributed by atoms with E-state index in [0.717, 1.165) is 19.5 Å². The predicted molar refractivity (Wildman–Crippen MR) is 86.4 cm³/mol. The SMILES string of the molecule is CCn1cncc1C(CN)N1CC(C)Cc2ccccc21. The van der Waals surface area contributed by atoms with E-state index in [1.807, 2.05) is 12.5 Å². The van der Waals surface area contributed by atoms with Crippen molar-refractivity contribution >= 4 is 5.69 Å². The first-order valence-electron chi connectivity index (χ1n) is 7.79. The lowest BCUT2D eigenvalue weighted by Crippen LogP contribution is -2.41. The highest BCUT2D eigenvalue weighted by molar-refractivity contribution is 5.57. The molecule has 0 saturated heterocycles. The molecule has 3 rings (SSSR count). The lowest BCUT2D eigenvalue weighted by atomic mass is 9.92. The van der Waals surface area contributed by atoms with Gasteiger partial charge in [-0.3, -0.25) is 0 Å². The Bertz CT molecular complexity index is 604. The number of aromatic nitrogens is 2. The van der Waals surface area contributed by atoms with E-state index in [1.54, 1.807) is 0 Å². The number of aryl methyl sites for hydroxylation is 1. The van der Waals surface area contributed by atoms with Crippen molar-refractivity contribution in [2.45, 2.75) is 32.9 Å². The van der Waals surface area contributed by atoms with Gasteiger partial charge in [-0.2, -0.15) is 0 Å². The zero-order chi connectivity index (χ0) is 14.8. The van der Waals surface area contributed by atoms with Crippen LogP contribution in [0.1, 0.15) is 31.1 Å².